The molecule has 3 aromatic rings. The lowest BCUT2D eigenvalue weighted by Gasteiger charge is -2.09. The van der Waals surface area contributed by atoms with Crippen LogP contribution in [0.5, 0.6) is 5.75 Å². The summed E-state index contributed by atoms with van der Waals surface area (Å²) in [4.78, 5) is 21.6. The van der Waals surface area contributed by atoms with Gasteiger partial charge in [-0.2, -0.15) is 0 Å². The first-order valence-electron chi connectivity index (χ1n) is 13.3. The van der Waals surface area contributed by atoms with Gasteiger partial charge in [0.05, 0.1) is 5.56 Å². The van der Waals surface area contributed by atoms with Gasteiger partial charge in [0.2, 0.25) is 0 Å². The van der Waals surface area contributed by atoms with E-state index in [1.54, 1.807) is 12.1 Å². The highest BCUT2D eigenvalue weighted by molar-refractivity contribution is 5.91. The summed E-state index contributed by atoms with van der Waals surface area (Å²) in [6.45, 7) is 6.69. The number of hydrogen-bond donors (Lipinski definition) is 0. The number of aromatic nitrogens is 2. The Kier molecular flexibility index (Phi) is 10.9. The average molecular weight is 473 g/mol. The fourth-order valence-corrected chi connectivity index (χ4v) is 4.08. The summed E-state index contributed by atoms with van der Waals surface area (Å²) < 4.78 is 5.56. The Hall–Kier alpha value is -3.01. The second-order valence-electron chi connectivity index (χ2n) is 9.61. The van der Waals surface area contributed by atoms with Gasteiger partial charge in [0.15, 0.2) is 5.82 Å². The summed E-state index contributed by atoms with van der Waals surface area (Å²) in [5, 5.41) is 0. The predicted octanol–water partition coefficient (Wildman–Crippen LogP) is 8.24. The standard InChI is InChI=1S/C31H40N2O2/c1-4-6-7-8-9-10-11-12-26-22-32-30(33-23-26)27-17-19-29(20-18-27)35-31(34)28-15-13-25(14-16-28)21-24(3)5-2/h13-20,22-24H,4-12,21H2,1-3H3/t24-/m0/s1. The van der Waals surface area contributed by atoms with Gasteiger partial charge in [-0.25, -0.2) is 14.8 Å². The maximum Gasteiger partial charge on any atom is 0.343 e. The summed E-state index contributed by atoms with van der Waals surface area (Å²) in [7, 11) is 0. The van der Waals surface area contributed by atoms with Crippen molar-refractivity contribution in [1.82, 2.24) is 9.97 Å². The lowest BCUT2D eigenvalue weighted by molar-refractivity contribution is 0.0735. The van der Waals surface area contributed by atoms with Crippen molar-refractivity contribution in [2.75, 3.05) is 0 Å². The van der Waals surface area contributed by atoms with Gasteiger partial charge in [0.25, 0.3) is 0 Å². The Labute approximate surface area is 211 Å². The van der Waals surface area contributed by atoms with Crippen molar-refractivity contribution in [3.05, 3.63) is 77.6 Å². The molecule has 0 spiro atoms. The summed E-state index contributed by atoms with van der Waals surface area (Å²) >= 11 is 0. The molecule has 1 atom stereocenters. The second-order valence-corrected chi connectivity index (χ2v) is 9.61. The molecular formula is C31H40N2O2. The van der Waals surface area contributed by atoms with Crippen LogP contribution in [0, 0.1) is 5.92 Å². The lowest BCUT2D eigenvalue weighted by Crippen LogP contribution is -2.08. The Morgan fingerprint density at radius 3 is 2.06 bits per heavy atom. The van der Waals surface area contributed by atoms with E-state index in [9.17, 15) is 4.79 Å². The number of carbonyl (C=O) groups is 1. The molecule has 0 amide bonds. The molecule has 0 N–H and O–H groups in total. The van der Waals surface area contributed by atoms with Crippen molar-refractivity contribution in [1.29, 1.82) is 0 Å². The van der Waals surface area contributed by atoms with Crippen LogP contribution in [0.3, 0.4) is 0 Å². The van der Waals surface area contributed by atoms with Crippen LogP contribution in [0.1, 0.15) is 93.6 Å². The third-order valence-corrected chi connectivity index (χ3v) is 6.57. The van der Waals surface area contributed by atoms with Gasteiger partial charge in [-0.15, -0.1) is 0 Å². The molecule has 186 valence electrons. The van der Waals surface area contributed by atoms with E-state index in [4.69, 9.17) is 4.74 Å². The number of aryl methyl sites for hydroxylation is 1. The van der Waals surface area contributed by atoms with Crippen LogP contribution < -0.4 is 4.74 Å². The molecule has 0 aliphatic heterocycles. The number of ether oxygens (including phenoxy) is 1. The molecule has 0 radical (unpaired) electrons. The fraction of sp³-hybridized carbons (Fsp3) is 0.452. The van der Waals surface area contributed by atoms with E-state index in [0.717, 1.165) is 24.8 Å². The smallest absolute Gasteiger partial charge is 0.343 e. The highest BCUT2D eigenvalue weighted by Crippen LogP contribution is 2.21. The third kappa shape index (κ3) is 8.93. The number of rotatable bonds is 14. The van der Waals surface area contributed by atoms with E-state index in [-0.39, 0.29) is 5.97 Å². The van der Waals surface area contributed by atoms with E-state index >= 15 is 0 Å². The molecule has 0 fully saturated rings. The zero-order chi connectivity index (χ0) is 24.9. The molecule has 1 heterocycles. The molecule has 1 aromatic heterocycles. The molecule has 0 aliphatic rings. The molecule has 4 nitrogen and oxygen atoms in total. The molecule has 3 rings (SSSR count). The van der Waals surface area contributed by atoms with E-state index in [0.29, 0.717) is 23.1 Å². The minimum Gasteiger partial charge on any atom is -0.423 e. The second kappa shape index (κ2) is 14.4. The largest absolute Gasteiger partial charge is 0.423 e. The van der Waals surface area contributed by atoms with Crippen molar-refractivity contribution < 1.29 is 9.53 Å². The van der Waals surface area contributed by atoms with Crippen molar-refractivity contribution in [3.63, 3.8) is 0 Å². The van der Waals surface area contributed by atoms with E-state index in [1.807, 2.05) is 48.8 Å². The van der Waals surface area contributed by atoms with Crippen LogP contribution in [0.25, 0.3) is 11.4 Å². The minimum atomic E-state index is -0.348. The molecule has 0 saturated carbocycles. The predicted molar refractivity (Wildman–Crippen MR) is 144 cm³/mol. The number of esters is 1. The molecular weight excluding hydrogens is 432 g/mol. The molecule has 35 heavy (non-hydrogen) atoms. The average Bonchev–Trinajstić information content (AvgIpc) is 2.89. The third-order valence-electron chi connectivity index (χ3n) is 6.57. The van der Waals surface area contributed by atoms with Crippen LogP contribution in [-0.2, 0) is 12.8 Å². The van der Waals surface area contributed by atoms with Crippen molar-refractivity contribution >= 4 is 5.97 Å². The number of carbonyl (C=O) groups excluding carboxylic acids is 1. The summed E-state index contributed by atoms with van der Waals surface area (Å²) in [5.74, 6) is 1.48. The fourth-order valence-electron chi connectivity index (χ4n) is 4.08. The van der Waals surface area contributed by atoms with E-state index in [2.05, 4.69) is 30.7 Å². The monoisotopic (exact) mass is 472 g/mol. The first-order valence-corrected chi connectivity index (χ1v) is 13.3. The molecule has 4 heteroatoms. The van der Waals surface area contributed by atoms with Gasteiger partial charge in [-0.1, -0.05) is 77.8 Å². The SMILES string of the molecule is CCCCCCCCCc1cnc(-c2ccc(OC(=O)c3ccc(C[C@@H](C)CC)cc3)cc2)nc1. The van der Waals surface area contributed by atoms with Crippen LogP contribution in [0.2, 0.25) is 0 Å². The van der Waals surface area contributed by atoms with Gasteiger partial charge < -0.3 is 4.74 Å². The zero-order valence-corrected chi connectivity index (χ0v) is 21.6. The quantitative estimate of drug-likeness (QED) is 0.135. The summed E-state index contributed by atoms with van der Waals surface area (Å²) in [6.07, 6.45) is 16.2. The maximum atomic E-state index is 12.5. The zero-order valence-electron chi connectivity index (χ0n) is 21.6. The van der Waals surface area contributed by atoms with Crippen molar-refractivity contribution in [2.24, 2.45) is 5.92 Å². The Morgan fingerprint density at radius 1 is 0.800 bits per heavy atom. The van der Waals surface area contributed by atoms with Gasteiger partial charge >= 0.3 is 5.97 Å². The lowest BCUT2D eigenvalue weighted by atomic mass is 9.98. The number of hydrogen-bond acceptors (Lipinski definition) is 4. The highest BCUT2D eigenvalue weighted by Gasteiger charge is 2.10. The summed E-state index contributed by atoms with van der Waals surface area (Å²) in [5.41, 5.74) is 3.89. The van der Waals surface area contributed by atoms with Gasteiger partial charge in [0, 0.05) is 18.0 Å². The van der Waals surface area contributed by atoms with Gasteiger partial charge in [-0.05, 0) is 72.7 Å². The van der Waals surface area contributed by atoms with Gasteiger partial charge in [0.1, 0.15) is 5.75 Å². The first-order chi connectivity index (χ1) is 17.1. The number of unbranched alkanes of at least 4 members (excludes halogenated alkanes) is 6. The van der Waals surface area contributed by atoms with E-state index in [1.165, 1.54) is 56.1 Å². The van der Waals surface area contributed by atoms with Crippen molar-refractivity contribution in [3.8, 4) is 17.1 Å². The minimum absolute atomic E-state index is 0.348. The van der Waals surface area contributed by atoms with E-state index < -0.39 is 0 Å². The molecule has 2 aromatic carbocycles. The Bertz CT molecular complexity index is 1010. The Balaban J connectivity index is 1.47. The number of benzene rings is 2. The summed E-state index contributed by atoms with van der Waals surface area (Å²) in [6, 6.07) is 15.1. The molecule has 0 saturated heterocycles. The van der Waals surface area contributed by atoms with Crippen LogP contribution in [0.4, 0.5) is 0 Å². The van der Waals surface area contributed by atoms with Gasteiger partial charge in [-0.3, -0.25) is 0 Å². The number of nitrogens with zero attached hydrogens (tertiary/aromatic N) is 2. The van der Waals surface area contributed by atoms with Crippen LogP contribution in [0.15, 0.2) is 60.9 Å². The van der Waals surface area contributed by atoms with Crippen molar-refractivity contribution in [2.45, 2.75) is 85.0 Å². The molecule has 0 unspecified atom stereocenters. The van der Waals surface area contributed by atoms with Crippen LogP contribution >= 0.6 is 0 Å². The first kappa shape index (κ1) is 26.6. The Morgan fingerprint density at radius 2 is 1.43 bits per heavy atom. The molecule has 0 aliphatic carbocycles. The molecule has 0 bridgehead atoms. The van der Waals surface area contributed by atoms with Crippen LogP contribution in [-0.4, -0.2) is 15.9 Å². The normalized spacial score (nSPS) is 11.9. The highest BCUT2D eigenvalue weighted by atomic mass is 16.5. The maximum absolute atomic E-state index is 12.5. The topological polar surface area (TPSA) is 52.1 Å².